The van der Waals surface area contributed by atoms with Crippen LogP contribution in [0.3, 0.4) is 0 Å². The average Bonchev–Trinajstić information content (AvgIpc) is 2.74. The highest BCUT2D eigenvalue weighted by Crippen LogP contribution is 2.13. The van der Waals surface area contributed by atoms with Crippen LogP contribution in [0.25, 0.3) is 0 Å². The monoisotopic (exact) mass is 403 g/mol. The third kappa shape index (κ3) is 9.50. The Labute approximate surface area is 168 Å². The third-order valence-electron chi connectivity index (χ3n) is 3.94. The number of aliphatic hydroxyl groups is 1. The number of esters is 1. The van der Waals surface area contributed by atoms with E-state index in [1.807, 2.05) is 55.5 Å². The summed E-state index contributed by atoms with van der Waals surface area (Å²) in [5.41, 5.74) is 1.50. The normalized spacial score (nSPS) is 12.1. The Morgan fingerprint density at radius 1 is 1.03 bits per heavy atom. The van der Waals surface area contributed by atoms with Gasteiger partial charge >= 0.3 is 11.9 Å². The van der Waals surface area contributed by atoms with Gasteiger partial charge in [-0.2, -0.15) is 0 Å². The topological polar surface area (TPSA) is 141 Å². The summed E-state index contributed by atoms with van der Waals surface area (Å²) in [5.74, 6) is -4.30. The van der Waals surface area contributed by atoms with E-state index in [0.717, 1.165) is 18.5 Å². The Hall–Kier alpha value is -3.23. The number of benzene rings is 2. The highest BCUT2D eigenvalue weighted by molar-refractivity contribution is 6.26. The van der Waals surface area contributed by atoms with E-state index in [9.17, 15) is 9.90 Å². The van der Waals surface area contributed by atoms with Gasteiger partial charge in [-0.15, -0.1) is 0 Å². The molecule has 0 spiro atoms. The first-order chi connectivity index (χ1) is 13.8. The number of hydrogen-bond donors (Lipinski definition) is 3. The molecule has 4 N–H and O–H groups in total. The van der Waals surface area contributed by atoms with Gasteiger partial charge in [-0.3, -0.25) is 0 Å². The van der Waals surface area contributed by atoms with Crippen molar-refractivity contribution in [2.24, 2.45) is 0 Å². The number of rotatable bonds is 8. The molecule has 0 heterocycles. The van der Waals surface area contributed by atoms with E-state index in [1.165, 1.54) is 0 Å². The van der Waals surface area contributed by atoms with Gasteiger partial charge < -0.3 is 30.2 Å². The molecule has 0 saturated heterocycles. The number of nitrogens with two attached hydrogens (primary N) is 1. The van der Waals surface area contributed by atoms with Gasteiger partial charge in [0.1, 0.15) is 12.1 Å². The summed E-state index contributed by atoms with van der Waals surface area (Å²) in [6.45, 7) is 3.18. The molecule has 2 aromatic rings. The Bertz CT molecular complexity index is 753. The van der Waals surface area contributed by atoms with Crippen molar-refractivity contribution < 1.29 is 39.8 Å². The first-order valence-corrected chi connectivity index (χ1v) is 9.05. The van der Waals surface area contributed by atoms with Crippen molar-refractivity contribution in [1.29, 1.82) is 0 Å². The summed E-state index contributed by atoms with van der Waals surface area (Å²) >= 11 is 0. The van der Waals surface area contributed by atoms with E-state index in [0.29, 0.717) is 12.2 Å². The minimum absolute atomic E-state index is 0.0576. The zero-order valence-corrected chi connectivity index (χ0v) is 16.1. The number of carboxylic acid groups (broad SMARTS) is 2. The smallest absolute Gasteiger partial charge is 0.351 e. The highest BCUT2D eigenvalue weighted by atomic mass is 16.5. The Balaban J connectivity index is 0.000000612. The second kappa shape index (κ2) is 13.0. The van der Waals surface area contributed by atoms with Crippen LogP contribution in [0.4, 0.5) is 0 Å². The van der Waals surface area contributed by atoms with E-state index in [4.69, 9.17) is 24.5 Å². The van der Waals surface area contributed by atoms with Gasteiger partial charge in [0.2, 0.25) is 0 Å². The molecule has 0 fully saturated rings. The van der Waals surface area contributed by atoms with Gasteiger partial charge in [0, 0.05) is 6.42 Å². The van der Waals surface area contributed by atoms with E-state index in [1.54, 1.807) is 12.1 Å². The number of aliphatic hydroxyl groups excluding tert-OH is 1. The van der Waals surface area contributed by atoms with Gasteiger partial charge in [-0.1, -0.05) is 48.5 Å². The molecular weight excluding hydrogens is 378 g/mol. The summed E-state index contributed by atoms with van der Waals surface area (Å²) < 4.78 is 5.23. The minimum Gasteiger partial charge on any atom is -0.539 e. The standard InChI is InChI=1S/C19H23NO3.C2H2O4/c1-15(18(21)16-9-4-2-5-10-16)20-13-8-14-23-19(22)17-11-6-3-7-12-17;3-1(4)2(5)6/h2-7,9-12,15,18,20-21H,8,13-14H2,1H3;(H,3,4)(H,5,6). The van der Waals surface area contributed by atoms with Crippen LogP contribution < -0.4 is 10.4 Å². The van der Waals surface area contributed by atoms with Crippen LogP contribution in [0.1, 0.15) is 35.4 Å². The van der Waals surface area contributed by atoms with Gasteiger partial charge in [-0.25, -0.2) is 9.59 Å². The molecule has 0 aromatic heterocycles. The van der Waals surface area contributed by atoms with Crippen LogP contribution >= 0.6 is 0 Å². The molecule has 2 unspecified atom stereocenters. The fraction of sp³-hybridized carbons (Fsp3) is 0.286. The highest BCUT2D eigenvalue weighted by Gasteiger charge is 2.18. The summed E-state index contributed by atoms with van der Waals surface area (Å²) in [7, 11) is 0. The molecule has 8 heteroatoms. The van der Waals surface area contributed by atoms with Gasteiger partial charge in [0.05, 0.1) is 18.7 Å². The molecule has 0 radical (unpaired) electrons. The fourth-order valence-corrected chi connectivity index (χ4v) is 2.37. The molecule has 8 nitrogen and oxygen atoms in total. The molecule has 156 valence electrons. The molecule has 0 saturated carbocycles. The number of quaternary nitrogens is 1. The van der Waals surface area contributed by atoms with Crippen LogP contribution in [-0.2, 0) is 14.3 Å². The Kier molecular flexibility index (Phi) is 10.7. The second-order valence-corrected chi connectivity index (χ2v) is 6.19. The molecule has 2 atom stereocenters. The van der Waals surface area contributed by atoms with E-state index >= 15 is 0 Å². The number of carboxylic acids is 2. The van der Waals surface area contributed by atoms with Crippen molar-refractivity contribution in [1.82, 2.24) is 0 Å². The average molecular weight is 403 g/mol. The first kappa shape index (κ1) is 23.8. The largest absolute Gasteiger partial charge is 0.539 e. The van der Waals surface area contributed by atoms with Crippen molar-refractivity contribution in [3.63, 3.8) is 0 Å². The number of ether oxygens (including phenoxy) is 1. The molecule has 0 bridgehead atoms. The van der Waals surface area contributed by atoms with Crippen LogP contribution in [0.2, 0.25) is 0 Å². The van der Waals surface area contributed by atoms with Crippen LogP contribution in [0, 0.1) is 0 Å². The van der Waals surface area contributed by atoms with Gasteiger partial charge in [0.15, 0.2) is 5.97 Å². The van der Waals surface area contributed by atoms with Crippen LogP contribution in [0.15, 0.2) is 60.7 Å². The summed E-state index contributed by atoms with van der Waals surface area (Å²) in [6, 6.07) is 18.7. The first-order valence-electron chi connectivity index (χ1n) is 9.05. The van der Waals surface area contributed by atoms with E-state index < -0.39 is 18.0 Å². The predicted octanol–water partition coefficient (Wildman–Crippen LogP) is -0.260. The molecule has 29 heavy (non-hydrogen) atoms. The fourth-order valence-electron chi connectivity index (χ4n) is 2.37. The van der Waals surface area contributed by atoms with Crippen molar-refractivity contribution in [2.75, 3.05) is 13.2 Å². The zero-order valence-electron chi connectivity index (χ0n) is 16.1. The van der Waals surface area contributed by atoms with Crippen LogP contribution in [-0.4, -0.2) is 47.3 Å². The zero-order chi connectivity index (χ0) is 21.6. The number of aliphatic carboxylic acids is 2. The molecule has 0 aliphatic heterocycles. The molecule has 0 aliphatic carbocycles. The lowest BCUT2D eigenvalue weighted by atomic mass is 10.0. The Morgan fingerprint density at radius 3 is 2.07 bits per heavy atom. The van der Waals surface area contributed by atoms with Crippen molar-refractivity contribution >= 4 is 17.9 Å². The summed E-state index contributed by atoms with van der Waals surface area (Å²) in [5, 5.41) is 28.7. The molecule has 0 aliphatic rings. The SMILES string of the molecule is CC([NH2+]CCCOC(=O)c1ccccc1)C(O)c1ccccc1.O=C([O-])C(=O)O. The summed E-state index contributed by atoms with van der Waals surface area (Å²) in [4.78, 5) is 29.8. The van der Waals surface area contributed by atoms with Crippen molar-refractivity contribution in [2.45, 2.75) is 25.5 Å². The van der Waals surface area contributed by atoms with Gasteiger partial charge in [-0.05, 0) is 24.6 Å². The van der Waals surface area contributed by atoms with Crippen LogP contribution in [0.5, 0.6) is 0 Å². The minimum atomic E-state index is -2.07. The number of hydrogen-bond acceptors (Lipinski definition) is 6. The third-order valence-corrected chi connectivity index (χ3v) is 3.94. The molecule has 2 rings (SSSR count). The molecule has 0 amide bonds. The maximum Gasteiger partial charge on any atom is 0.351 e. The van der Waals surface area contributed by atoms with Gasteiger partial charge in [0.25, 0.3) is 0 Å². The number of carbonyl (C=O) groups is 3. The van der Waals surface area contributed by atoms with Crippen molar-refractivity contribution in [3.8, 4) is 0 Å². The van der Waals surface area contributed by atoms with E-state index in [2.05, 4.69) is 5.32 Å². The maximum absolute atomic E-state index is 11.8. The lowest BCUT2D eigenvalue weighted by Gasteiger charge is -2.17. The second-order valence-electron chi connectivity index (χ2n) is 6.19. The quantitative estimate of drug-likeness (QED) is 0.313. The van der Waals surface area contributed by atoms with E-state index in [-0.39, 0.29) is 12.0 Å². The Morgan fingerprint density at radius 2 is 1.55 bits per heavy atom. The van der Waals surface area contributed by atoms with Crippen molar-refractivity contribution in [3.05, 3.63) is 71.8 Å². The lowest BCUT2D eigenvalue weighted by molar-refractivity contribution is -0.694. The predicted molar refractivity (Wildman–Crippen MR) is 102 cm³/mol. The molecule has 2 aromatic carbocycles. The molecular formula is C21H25NO7. The number of carbonyl (C=O) groups excluding carboxylic acids is 2. The lowest BCUT2D eigenvalue weighted by Crippen LogP contribution is -2.90. The maximum atomic E-state index is 11.8. The summed E-state index contributed by atoms with van der Waals surface area (Å²) in [6.07, 6.45) is 0.257.